The van der Waals surface area contributed by atoms with E-state index in [1.54, 1.807) is 24.3 Å². The predicted octanol–water partition coefficient (Wildman–Crippen LogP) is 3.20. The molecule has 0 unspecified atom stereocenters. The summed E-state index contributed by atoms with van der Waals surface area (Å²) in [6, 6.07) is 16.4. The molecule has 1 N–H and O–H groups in total. The Morgan fingerprint density at radius 3 is 2.29 bits per heavy atom. The number of hydrogen-bond donors (Lipinski definition) is 1. The molecule has 0 saturated carbocycles. The average molecular weight is 322 g/mol. The van der Waals surface area contributed by atoms with Crippen LogP contribution >= 0.6 is 0 Å². The Labute approximate surface area is 142 Å². The molecule has 1 aliphatic rings. The lowest BCUT2D eigenvalue weighted by molar-refractivity contribution is -0.121. The van der Waals surface area contributed by atoms with Crippen LogP contribution in [0.3, 0.4) is 0 Å². The molecule has 0 spiro atoms. The van der Waals surface area contributed by atoms with Crippen LogP contribution in [0.15, 0.2) is 54.6 Å². The minimum absolute atomic E-state index is 0.0106. The maximum Gasteiger partial charge on any atom is 0.227 e. The first kappa shape index (κ1) is 16.4. The molecule has 4 heteroatoms. The van der Waals surface area contributed by atoms with Gasteiger partial charge in [0.2, 0.25) is 5.91 Å². The highest BCUT2D eigenvalue weighted by molar-refractivity contribution is 6.13. The molecule has 2 aromatic carbocycles. The highest BCUT2D eigenvalue weighted by Gasteiger charge is 2.24. The van der Waals surface area contributed by atoms with Gasteiger partial charge in [0.1, 0.15) is 0 Å². The zero-order valence-electron chi connectivity index (χ0n) is 13.9. The fraction of sp³-hybridized carbons (Fsp3) is 0.300. The number of para-hydroxylation sites is 1. The van der Waals surface area contributed by atoms with Crippen LogP contribution in [0.2, 0.25) is 0 Å². The number of nitrogens with zero attached hydrogens (tertiary/aromatic N) is 1. The van der Waals surface area contributed by atoms with Crippen molar-refractivity contribution in [2.45, 2.75) is 12.8 Å². The average Bonchev–Trinajstić information content (AvgIpc) is 2.63. The zero-order chi connectivity index (χ0) is 16.9. The van der Waals surface area contributed by atoms with Crippen LogP contribution < -0.4 is 5.32 Å². The number of nitrogens with one attached hydrogen (secondary N) is 1. The lowest BCUT2D eigenvalue weighted by atomic mass is 9.95. The van der Waals surface area contributed by atoms with Crippen LogP contribution in [-0.2, 0) is 4.79 Å². The molecule has 1 aliphatic heterocycles. The standard InChI is InChI=1S/C20H22N2O2/c1-22-13-11-16(12-14-22)20(24)21-18-10-6-5-9-17(18)19(23)15-7-3-2-4-8-15/h2-10,16H,11-14H2,1H3,(H,21,24). The topological polar surface area (TPSA) is 49.4 Å². The second kappa shape index (κ2) is 7.41. The SMILES string of the molecule is CN1CCC(C(=O)Nc2ccccc2C(=O)c2ccccc2)CC1. The van der Waals surface area contributed by atoms with Gasteiger partial charge in [-0.25, -0.2) is 0 Å². The van der Waals surface area contributed by atoms with Gasteiger partial charge in [0.15, 0.2) is 5.78 Å². The fourth-order valence-electron chi connectivity index (χ4n) is 3.04. The summed E-state index contributed by atoms with van der Waals surface area (Å²) in [6.07, 6.45) is 1.72. The predicted molar refractivity (Wildman–Crippen MR) is 95.2 cm³/mol. The quantitative estimate of drug-likeness (QED) is 0.880. The van der Waals surface area contributed by atoms with Crippen molar-refractivity contribution in [1.29, 1.82) is 0 Å². The van der Waals surface area contributed by atoms with Crippen molar-refractivity contribution in [2.24, 2.45) is 5.92 Å². The second-order valence-corrected chi connectivity index (χ2v) is 6.31. The Morgan fingerprint density at radius 1 is 0.958 bits per heavy atom. The van der Waals surface area contributed by atoms with Gasteiger partial charge in [-0.05, 0) is 45.1 Å². The molecule has 124 valence electrons. The monoisotopic (exact) mass is 322 g/mol. The summed E-state index contributed by atoms with van der Waals surface area (Å²) in [4.78, 5) is 27.5. The molecule has 24 heavy (non-hydrogen) atoms. The molecule has 1 amide bonds. The highest BCUT2D eigenvalue weighted by atomic mass is 16.2. The van der Waals surface area contributed by atoms with E-state index in [1.807, 2.05) is 30.3 Å². The first-order valence-corrected chi connectivity index (χ1v) is 8.33. The Morgan fingerprint density at radius 2 is 1.58 bits per heavy atom. The van der Waals surface area contributed by atoms with Gasteiger partial charge in [0.05, 0.1) is 5.69 Å². The van der Waals surface area contributed by atoms with Gasteiger partial charge in [0, 0.05) is 17.0 Å². The number of piperidine rings is 1. The molecule has 4 nitrogen and oxygen atoms in total. The lowest BCUT2D eigenvalue weighted by Crippen LogP contribution is -2.36. The maximum atomic E-state index is 12.7. The molecular formula is C20H22N2O2. The summed E-state index contributed by atoms with van der Waals surface area (Å²) >= 11 is 0. The van der Waals surface area contributed by atoms with Gasteiger partial charge in [0.25, 0.3) is 0 Å². The van der Waals surface area contributed by atoms with Crippen molar-refractivity contribution in [3.8, 4) is 0 Å². The van der Waals surface area contributed by atoms with E-state index in [0.717, 1.165) is 25.9 Å². The van der Waals surface area contributed by atoms with Gasteiger partial charge in [-0.3, -0.25) is 9.59 Å². The number of anilines is 1. The third-order valence-electron chi connectivity index (χ3n) is 4.55. The first-order valence-electron chi connectivity index (χ1n) is 8.33. The number of ketones is 1. The van der Waals surface area contributed by atoms with Crippen LogP contribution in [-0.4, -0.2) is 36.7 Å². The van der Waals surface area contributed by atoms with Crippen molar-refractivity contribution in [3.63, 3.8) is 0 Å². The smallest absolute Gasteiger partial charge is 0.227 e. The van der Waals surface area contributed by atoms with Crippen molar-refractivity contribution < 1.29 is 9.59 Å². The van der Waals surface area contributed by atoms with Crippen LogP contribution in [0.1, 0.15) is 28.8 Å². The van der Waals surface area contributed by atoms with Crippen LogP contribution in [0.25, 0.3) is 0 Å². The zero-order valence-corrected chi connectivity index (χ0v) is 13.9. The summed E-state index contributed by atoms with van der Waals surface area (Å²) in [5, 5.41) is 2.97. The minimum atomic E-state index is -0.0742. The first-order chi connectivity index (χ1) is 11.6. The Kier molecular flexibility index (Phi) is 5.06. The van der Waals surface area contributed by atoms with Crippen molar-refractivity contribution in [1.82, 2.24) is 4.90 Å². The van der Waals surface area contributed by atoms with E-state index in [2.05, 4.69) is 17.3 Å². The third kappa shape index (κ3) is 3.71. The molecule has 0 atom stereocenters. The van der Waals surface area contributed by atoms with Gasteiger partial charge >= 0.3 is 0 Å². The molecule has 1 saturated heterocycles. The third-order valence-corrected chi connectivity index (χ3v) is 4.55. The van der Waals surface area contributed by atoms with Crippen LogP contribution in [0.5, 0.6) is 0 Å². The summed E-state index contributed by atoms with van der Waals surface area (Å²) in [7, 11) is 2.07. The van der Waals surface area contributed by atoms with E-state index in [4.69, 9.17) is 0 Å². The van der Waals surface area contributed by atoms with Crippen LogP contribution in [0, 0.1) is 5.92 Å². The summed E-state index contributed by atoms with van der Waals surface area (Å²) < 4.78 is 0. The van der Waals surface area contributed by atoms with E-state index >= 15 is 0 Å². The molecular weight excluding hydrogens is 300 g/mol. The molecule has 1 fully saturated rings. The largest absolute Gasteiger partial charge is 0.325 e. The van der Waals surface area contributed by atoms with Crippen molar-refractivity contribution in [2.75, 3.05) is 25.5 Å². The summed E-state index contributed by atoms with van der Waals surface area (Å²) in [5.41, 5.74) is 1.75. The number of hydrogen-bond acceptors (Lipinski definition) is 3. The molecule has 0 radical (unpaired) electrons. The van der Waals surface area contributed by atoms with Gasteiger partial charge in [-0.15, -0.1) is 0 Å². The lowest BCUT2D eigenvalue weighted by Gasteiger charge is -2.28. The van der Waals surface area contributed by atoms with Crippen molar-refractivity contribution in [3.05, 3.63) is 65.7 Å². The Balaban J connectivity index is 1.77. The molecule has 1 heterocycles. The molecule has 0 aliphatic carbocycles. The van der Waals surface area contributed by atoms with E-state index in [-0.39, 0.29) is 17.6 Å². The van der Waals surface area contributed by atoms with Crippen LogP contribution in [0.4, 0.5) is 5.69 Å². The Hall–Kier alpha value is -2.46. The van der Waals surface area contributed by atoms with E-state index in [1.165, 1.54) is 0 Å². The minimum Gasteiger partial charge on any atom is -0.325 e. The summed E-state index contributed by atoms with van der Waals surface area (Å²) in [5.74, 6) is -0.0487. The number of rotatable bonds is 4. The molecule has 0 aromatic heterocycles. The van der Waals surface area contributed by atoms with Gasteiger partial charge < -0.3 is 10.2 Å². The number of carbonyl (C=O) groups is 2. The van der Waals surface area contributed by atoms with Gasteiger partial charge in [-0.1, -0.05) is 42.5 Å². The van der Waals surface area contributed by atoms with Gasteiger partial charge in [-0.2, -0.15) is 0 Å². The normalized spacial score (nSPS) is 15.9. The number of amides is 1. The highest BCUT2D eigenvalue weighted by Crippen LogP contribution is 2.22. The number of carbonyl (C=O) groups excluding carboxylic acids is 2. The van der Waals surface area contributed by atoms with E-state index in [0.29, 0.717) is 16.8 Å². The maximum absolute atomic E-state index is 12.7. The second-order valence-electron chi connectivity index (χ2n) is 6.31. The molecule has 2 aromatic rings. The molecule has 3 rings (SSSR count). The summed E-state index contributed by atoms with van der Waals surface area (Å²) in [6.45, 7) is 1.87. The number of benzene rings is 2. The Bertz CT molecular complexity index is 719. The van der Waals surface area contributed by atoms with Crippen molar-refractivity contribution >= 4 is 17.4 Å². The van der Waals surface area contributed by atoms with E-state index in [9.17, 15) is 9.59 Å². The van der Waals surface area contributed by atoms with E-state index < -0.39 is 0 Å². The fourth-order valence-corrected chi connectivity index (χ4v) is 3.04. The number of likely N-dealkylation sites (tertiary alicyclic amines) is 1. The molecule has 0 bridgehead atoms.